The topological polar surface area (TPSA) is 60.5 Å². The Labute approximate surface area is 217 Å². The van der Waals surface area contributed by atoms with Crippen LogP contribution < -0.4 is 10.1 Å². The lowest BCUT2D eigenvalue weighted by atomic mass is 9.47. The fourth-order valence-electron chi connectivity index (χ4n) is 8.48. The van der Waals surface area contributed by atoms with Gasteiger partial charge in [-0.3, -0.25) is 0 Å². The number of phenolic OH excluding ortho intramolecular Hbond substituents is 1. The predicted octanol–water partition coefficient (Wildman–Crippen LogP) is 5.02. The Morgan fingerprint density at radius 1 is 1.08 bits per heavy atom. The number of hydrogen-bond donors (Lipinski definition) is 3. The zero-order chi connectivity index (χ0) is 24.8. The number of aryl methyl sites for hydroxylation is 1. The Balaban J connectivity index is 1.30. The molecule has 2 bridgehead atoms. The number of para-hydroxylation sites is 1. The summed E-state index contributed by atoms with van der Waals surface area (Å²) in [5.41, 5.74) is 7.36. The molecule has 5 heteroatoms. The third-order valence-corrected chi connectivity index (χ3v) is 10.0. The van der Waals surface area contributed by atoms with Gasteiger partial charge in [-0.05, 0) is 81.1 Å². The standard InChI is InChI=1S/C32H33N3O2/c1-35-17-15-31-27-21-13-14-25(36)29(27)37-30(31)28-23(22-11-5-6-12-24(22)34-28)19-32(31,26(35)18-21)33-16-7-10-20-8-3-2-4-9-20/h2-6,8-9,11-14,26,30,33-34,36H,7,10,15-19H2,1H3/t26-,30+,31+,32-/m1/s1. The normalized spacial score (nSPS) is 29.1. The summed E-state index contributed by atoms with van der Waals surface area (Å²) in [5.74, 6) is 0.989. The molecule has 3 heterocycles. The SMILES string of the molecule is CN1CC[C@]23c4c5ccc(O)c4O[C@H]2c2[nH]c4ccccc4c2C[C@@]3(NCCCc2ccccc2)[C@H]1C5. The second-order valence-electron chi connectivity index (χ2n) is 11.6. The molecule has 8 rings (SSSR count). The van der Waals surface area contributed by atoms with Crippen LogP contribution >= 0.6 is 0 Å². The molecule has 1 fully saturated rings. The first-order chi connectivity index (χ1) is 18.1. The fourth-order valence-corrected chi connectivity index (χ4v) is 8.48. The molecule has 0 amide bonds. The van der Waals surface area contributed by atoms with Crippen LogP contribution in [0.4, 0.5) is 0 Å². The molecule has 37 heavy (non-hydrogen) atoms. The fraction of sp³-hybridized carbons (Fsp3) is 0.375. The van der Waals surface area contributed by atoms with Crippen LogP contribution in [0.15, 0.2) is 66.7 Å². The number of aromatic hydroxyl groups is 1. The molecule has 4 aromatic rings. The molecule has 0 unspecified atom stereocenters. The van der Waals surface area contributed by atoms with Crippen LogP contribution in [0, 0.1) is 0 Å². The second kappa shape index (κ2) is 7.62. The summed E-state index contributed by atoms with van der Waals surface area (Å²) < 4.78 is 6.86. The molecule has 2 aliphatic heterocycles. The number of aromatic amines is 1. The maximum atomic E-state index is 11.0. The van der Waals surface area contributed by atoms with Crippen LogP contribution in [0.1, 0.15) is 46.9 Å². The molecule has 4 aliphatic rings. The Kier molecular flexibility index (Phi) is 4.49. The first kappa shape index (κ1) is 21.8. The minimum Gasteiger partial charge on any atom is -0.504 e. The van der Waals surface area contributed by atoms with Gasteiger partial charge in [0.1, 0.15) is 0 Å². The van der Waals surface area contributed by atoms with E-state index in [2.05, 4.69) is 82.9 Å². The lowest BCUT2D eigenvalue weighted by Crippen LogP contribution is -2.79. The number of H-pyrrole nitrogens is 1. The minimum absolute atomic E-state index is 0.135. The van der Waals surface area contributed by atoms with Gasteiger partial charge in [0.05, 0.1) is 16.6 Å². The molecule has 2 aliphatic carbocycles. The summed E-state index contributed by atoms with van der Waals surface area (Å²) in [6.45, 7) is 1.98. The van der Waals surface area contributed by atoms with Crippen LogP contribution in [0.2, 0.25) is 0 Å². The van der Waals surface area contributed by atoms with Gasteiger partial charge in [0, 0.05) is 22.5 Å². The average molecular weight is 492 g/mol. The van der Waals surface area contributed by atoms with Gasteiger partial charge in [0.15, 0.2) is 17.6 Å². The number of fused-ring (bicyclic) bond motifs is 4. The zero-order valence-electron chi connectivity index (χ0n) is 21.3. The van der Waals surface area contributed by atoms with Crippen LogP contribution in [-0.2, 0) is 24.7 Å². The molecule has 3 N–H and O–H groups in total. The Morgan fingerprint density at radius 3 is 2.81 bits per heavy atom. The van der Waals surface area contributed by atoms with E-state index in [1.165, 1.54) is 38.9 Å². The Bertz CT molecular complexity index is 1530. The summed E-state index contributed by atoms with van der Waals surface area (Å²) >= 11 is 0. The van der Waals surface area contributed by atoms with Gasteiger partial charge in [-0.1, -0.05) is 54.6 Å². The monoisotopic (exact) mass is 491 g/mol. The van der Waals surface area contributed by atoms with Crippen molar-refractivity contribution >= 4 is 10.9 Å². The predicted molar refractivity (Wildman–Crippen MR) is 145 cm³/mol. The molecular weight excluding hydrogens is 458 g/mol. The second-order valence-corrected chi connectivity index (χ2v) is 11.6. The van der Waals surface area contributed by atoms with E-state index in [4.69, 9.17) is 4.74 Å². The van der Waals surface area contributed by atoms with Crippen molar-refractivity contribution in [2.45, 2.75) is 55.2 Å². The van der Waals surface area contributed by atoms with E-state index in [0.29, 0.717) is 11.8 Å². The van der Waals surface area contributed by atoms with Crippen LogP contribution in [0.5, 0.6) is 11.5 Å². The molecule has 1 saturated heterocycles. The summed E-state index contributed by atoms with van der Waals surface area (Å²) in [5, 5.41) is 16.5. The summed E-state index contributed by atoms with van der Waals surface area (Å²) in [6.07, 6.45) is 4.96. The van der Waals surface area contributed by atoms with Gasteiger partial charge in [-0.25, -0.2) is 0 Å². The van der Waals surface area contributed by atoms with Crippen molar-refractivity contribution in [1.29, 1.82) is 0 Å². The summed E-state index contributed by atoms with van der Waals surface area (Å²) in [6, 6.07) is 23.8. The highest BCUT2D eigenvalue weighted by Gasteiger charge is 2.72. The molecular formula is C32H33N3O2. The summed E-state index contributed by atoms with van der Waals surface area (Å²) in [7, 11) is 2.30. The Morgan fingerprint density at radius 2 is 1.92 bits per heavy atom. The third kappa shape index (κ3) is 2.71. The minimum atomic E-state index is -0.216. The molecule has 1 aromatic heterocycles. The van der Waals surface area contributed by atoms with E-state index < -0.39 is 0 Å². The third-order valence-electron chi connectivity index (χ3n) is 10.0. The van der Waals surface area contributed by atoms with Crippen LogP contribution in [-0.4, -0.2) is 46.7 Å². The van der Waals surface area contributed by atoms with Crippen LogP contribution in [0.25, 0.3) is 10.9 Å². The maximum Gasteiger partial charge on any atom is 0.166 e. The quantitative estimate of drug-likeness (QED) is 0.343. The first-order valence-electron chi connectivity index (χ1n) is 13.7. The number of nitrogens with one attached hydrogen (secondary N) is 2. The molecule has 0 radical (unpaired) electrons. The van der Waals surface area contributed by atoms with Gasteiger partial charge in [-0.2, -0.15) is 0 Å². The van der Waals surface area contributed by atoms with Crippen molar-refractivity contribution in [2.75, 3.05) is 20.1 Å². The number of hydrogen-bond acceptors (Lipinski definition) is 4. The number of nitrogens with zero attached hydrogens (tertiary/aromatic N) is 1. The number of aromatic nitrogens is 1. The van der Waals surface area contributed by atoms with Crippen LogP contribution in [0.3, 0.4) is 0 Å². The first-order valence-corrected chi connectivity index (χ1v) is 13.7. The average Bonchev–Trinajstić information content (AvgIpc) is 3.46. The van der Waals surface area contributed by atoms with E-state index in [1.54, 1.807) is 0 Å². The van der Waals surface area contributed by atoms with Crippen molar-refractivity contribution in [3.8, 4) is 11.5 Å². The molecule has 3 aromatic carbocycles. The smallest absolute Gasteiger partial charge is 0.166 e. The van der Waals surface area contributed by atoms with Gasteiger partial charge in [0.2, 0.25) is 0 Å². The van der Waals surface area contributed by atoms with E-state index >= 15 is 0 Å². The number of ether oxygens (including phenoxy) is 1. The highest BCUT2D eigenvalue weighted by atomic mass is 16.5. The van der Waals surface area contributed by atoms with E-state index in [1.807, 2.05) is 6.07 Å². The van der Waals surface area contributed by atoms with E-state index in [0.717, 1.165) is 45.2 Å². The number of likely N-dealkylation sites (N-methyl/N-ethyl adjacent to an activating group) is 1. The van der Waals surface area contributed by atoms with Crippen molar-refractivity contribution in [3.05, 3.63) is 94.7 Å². The molecule has 0 saturated carbocycles. The number of benzene rings is 3. The maximum absolute atomic E-state index is 11.0. The van der Waals surface area contributed by atoms with Gasteiger partial charge in [0.25, 0.3) is 0 Å². The molecule has 188 valence electrons. The molecule has 1 spiro atoms. The summed E-state index contributed by atoms with van der Waals surface area (Å²) in [4.78, 5) is 6.36. The lowest BCUT2D eigenvalue weighted by molar-refractivity contribution is -0.0652. The van der Waals surface area contributed by atoms with Crippen molar-refractivity contribution in [3.63, 3.8) is 0 Å². The lowest BCUT2D eigenvalue weighted by Gasteiger charge is -2.65. The number of rotatable bonds is 5. The number of likely N-dealkylation sites (tertiary alicyclic amines) is 1. The van der Waals surface area contributed by atoms with Gasteiger partial charge >= 0.3 is 0 Å². The Hall–Kier alpha value is -3.28. The zero-order valence-corrected chi connectivity index (χ0v) is 21.3. The largest absolute Gasteiger partial charge is 0.504 e. The number of phenols is 1. The van der Waals surface area contributed by atoms with E-state index in [-0.39, 0.29) is 22.8 Å². The molecule has 5 nitrogen and oxygen atoms in total. The van der Waals surface area contributed by atoms with Gasteiger partial charge < -0.3 is 25.0 Å². The van der Waals surface area contributed by atoms with E-state index in [9.17, 15) is 5.11 Å². The van der Waals surface area contributed by atoms with Crippen molar-refractivity contribution in [2.24, 2.45) is 0 Å². The number of piperidine rings is 1. The highest BCUT2D eigenvalue weighted by Crippen LogP contribution is 2.68. The van der Waals surface area contributed by atoms with Crippen molar-refractivity contribution in [1.82, 2.24) is 15.2 Å². The van der Waals surface area contributed by atoms with Gasteiger partial charge in [-0.15, -0.1) is 0 Å². The highest BCUT2D eigenvalue weighted by molar-refractivity contribution is 5.86. The van der Waals surface area contributed by atoms with Crippen molar-refractivity contribution < 1.29 is 9.84 Å². The molecule has 4 atom stereocenters.